The van der Waals surface area contributed by atoms with Crippen LogP contribution >= 0.6 is 11.3 Å². The fourth-order valence-corrected chi connectivity index (χ4v) is 3.59. The summed E-state index contributed by atoms with van der Waals surface area (Å²) in [6, 6.07) is 13.2. The summed E-state index contributed by atoms with van der Waals surface area (Å²) in [4.78, 5) is 41.7. The number of thiazole rings is 1. The van der Waals surface area contributed by atoms with E-state index < -0.39 is 23.4 Å². The molecular formula is C18H14N4O3S. The maximum Gasteiger partial charge on any atom is 0.344 e. The minimum Gasteiger partial charge on any atom is -0.318 e. The molecule has 1 atom stereocenters. The highest BCUT2D eigenvalue weighted by molar-refractivity contribution is 7.16. The number of fused-ring (bicyclic) bond motifs is 1. The number of amides is 4. The number of benzene rings is 2. The number of nitrogens with zero attached hydrogens (tertiary/aromatic N) is 2. The Morgan fingerprint density at radius 1 is 1.19 bits per heavy atom. The number of aromatic nitrogens is 1. The van der Waals surface area contributed by atoms with E-state index in [-0.39, 0.29) is 0 Å². The van der Waals surface area contributed by atoms with Crippen LogP contribution in [0.3, 0.4) is 0 Å². The number of urea groups is 1. The second kappa shape index (κ2) is 5.92. The summed E-state index contributed by atoms with van der Waals surface area (Å²) in [5, 5.41) is 3.37. The fourth-order valence-electron chi connectivity index (χ4n) is 2.87. The Morgan fingerprint density at radius 3 is 2.73 bits per heavy atom. The Morgan fingerprint density at radius 2 is 1.96 bits per heavy atom. The minimum absolute atomic E-state index is 0.343. The van der Waals surface area contributed by atoms with Crippen LogP contribution in [0.25, 0.3) is 10.2 Å². The maximum absolute atomic E-state index is 12.8. The van der Waals surface area contributed by atoms with Gasteiger partial charge < -0.3 is 5.32 Å². The number of nitrogens with one attached hydrogen (secondary N) is 2. The third kappa shape index (κ3) is 2.51. The zero-order valence-corrected chi connectivity index (χ0v) is 14.5. The molecule has 7 nitrogen and oxygen atoms in total. The summed E-state index contributed by atoms with van der Waals surface area (Å²) in [6.45, 7) is 1.61. The summed E-state index contributed by atoms with van der Waals surface area (Å²) in [5.74, 6) is -1.08. The van der Waals surface area contributed by atoms with E-state index in [0.717, 1.165) is 15.2 Å². The normalized spacial score (nSPS) is 19.7. The Labute approximate surface area is 152 Å². The molecule has 1 saturated heterocycles. The first-order valence-electron chi connectivity index (χ1n) is 7.85. The molecule has 2 heterocycles. The van der Waals surface area contributed by atoms with E-state index in [0.29, 0.717) is 11.1 Å². The standard InChI is InChI=1S/C18H14N4O3S/c1-18(12-5-3-2-4-6-12)16(24)22(17(25)20-18)21-15(23)11-7-8-13-14(9-11)26-10-19-13/h2-10H,1H3,(H,20,25)(H,21,23)/t18-/m1/s1. The van der Waals surface area contributed by atoms with Gasteiger partial charge in [-0.15, -0.1) is 11.3 Å². The zero-order chi connectivity index (χ0) is 18.3. The number of imide groups is 1. The Hall–Kier alpha value is -3.26. The first kappa shape index (κ1) is 16.2. The first-order chi connectivity index (χ1) is 12.5. The van der Waals surface area contributed by atoms with E-state index in [4.69, 9.17) is 0 Å². The predicted molar refractivity (Wildman–Crippen MR) is 96.3 cm³/mol. The summed E-state index contributed by atoms with van der Waals surface area (Å²) >= 11 is 1.41. The SMILES string of the molecule is C[C@]1(c2ccccc2)NC(=O)N(NC(=O)c2ccc3ncsc3c2)C1=O. The second-order valence-corrected chi connectivity index (χ2v) is 6.92. The summed E-state index contributed by atoms with van der Waals surface area (Å²) in [6.07, 6.45) is 0. The van der Waals surface area contributed by atoms with Gasteiger partial charge in [-0.3, -0.25) is 15.0 Å². The highest BCUT2D eigenvalue weighted by Gasteiger charge is 2.50. The first-order valence-corrected chi connectivity index (χ1v) is 8.73. The molecule has 0 bridgehead atoms. The highest BCUT2D eigenvalue weighted by atomic mass is 32.1. The molecule has 1 aliphatic heterocycles. The third-order valence-corrected chi connectivity index (χ3v) is 5.14. The van der Waals surface area contributed by atoms with Crippen LogP contribution in [-0.4, -0.2) is 27.8 Å². The van der Waals surface area contributed by atoms with Gasteiger partial charge in [0.2, 0.25) is 0 Å². The molecule has 0 spiro atoms. The molecule has 0 unspecified atom stereocenters. The van der Waals surface area contributed by atoms with E-state index in [1.165, 1.54) is 11.3 Å². The van der Waals surface area contributed by atoms with Crippen molar-refractivity contribution in [2.24, 2.45) is 0 Å². The van der Waals surface area contributed by atoms with Crippen molar-refractivity contribution in [3.63, 3.8) is 0 Å². The highest BCUT2D eigenvalue weighted by Crippen LogP contribution is 2.28. The maximum atomic E-state index is 12.8. The molecule has 26 heavy (non-hydrogen) atoms. The average molecular weight is 366 g/mol. The molecule has 0 aliphatic carbocycles. The Balaban J connectivity index is 1.59. The van der Waals surface area contributed by atoms with Gasteiger partial charge in [-0.2, -0.15) is 5.01 Å². The van der Waals surface area contributed by atoms with Crippen LogP contribution in [-0.2, 0) is 10.3 Å². The quantitative estimate of drug-likeness (QED) is 0.697. The van der Waals surface area contributed by atoms with Gasteiger partial charge in [0.25, 0.3) is 11.8 Å². The van der Waals surface area contributed by atoms with Crippen molar-refractivity contribution >= 4 is 39.4 Å². The molecule has 2 aromatic carbocycles. The van der Waals surface area contributed by atoms with Crippen molar-refractivity contribution in [2.75, 3.05) is 0 Å². The van der Waals surface area contributed by atoms with E-state index in [1.807, 2.05) is 6.07 Å². The topological polar surface area (TPSA) is 91.4 Å². The van der Waals surface area contributed by atoms with Gasteiger partial charge in [-0.05, 0) is 30.7 Å². The largest absolute Gasteiger partial charge is 0.344 e. The van der Waals surface area contributed by atoms with Gasteiger partial charge in [-0.25, -0.2) is 9.78 Å². The van der Waals surface area contributed by atoms with Crippen LogP contribution < -0.4 is 10.7 Å². The molecule has 130 valence electrons. The molecule has 1 fully saturated rings. The van der Waals surface area contributed by atoms with Gasteiger partial charge in [0.05, 0.1) is 15.7 Å². The van der Waals surface area contributed by atoms with Crippen LogP contribution in [0.15, 0.2) is 54.0 Å². The van der Waals surface area contributed by atoms with E-state index in [1.54, 1.807) is 54.9 Å². The number of carbonyl (C=O) groups is 3. The third-order valence-electron chi connectivity index (χ3n) is 4.35. The van der Waals surface area contributed by atoms with Crippen LogP contribution in [0.4, 0.5) is 4.79 Å². The lowest BCUT2D eigenvalue weighted by molar-refractivity contribution is -0.132. The number of hydrazine groups is 1. The Kier molecular flexibility index (Phi) is 3.69. The van der Waals surface area contributed by atoms with Gasteiger partial charge in [-0.1, -0.05) is 30.3 Å². The number of hydrogen-bond donors (Lipinski definition) is 2. The van der Waals surface area contributed by atoms with Crippen molar-refractivity contribution in [1.29, 1.82) is 0 Å². The van der Waals surface area contributed by atoms with Crippen LogP contribution in [0.1, 0.15) is 22.8 Å². The smallest absolute Gasteiger partial charge is 0.318 e. The van der Waals surface area contributed by atoms with Gasteiger partial charge >= 0.3 is 6.03 Å². The summed E-state index contributed by atoms with van der Waals surface area (Å²) < 4.78 is 0.851. The molecule has 2 N–H and O–H groups in total. The van der Waals surface area contributed by atoms with Crippen molar-refractivity contribution < 1.29 is 14.4 Å². The lowest BCUT2D eigenvalue weighted by atomic mass is 9.92. The Bertz CT molecular complexity index is 1030. The summed E-state index contributed by atoms with van der Waals surface area (Å²) in [7, 11) is 0. The monoisotopic (exact) mass is 366 g/mol. The fraction of sp³-hybridized carbons (Fsp3) is 0.111. The molecule has 3 aromatic rings. The molecule has 4 amide bonds. The molecule has 0 saturated carbocycles. The molecule has 1 aliphatic rings. The average Bonchev–Trinajstić information content (AvgIpc) is 3.20. The minimum atomic E-state index is -1.23. The van der Waals surface area contributed by atoms with Crippen LogP contribution in [0.2, 0.25) is 0 Å². The van der Waals surface area contributed by atoms with E-state index in [9.17, 15) is 14.4 Å². The molecule has 0 radical (unpaired) electrons. The lowest BCUT2D eigenvalue weighted by Gasteiger charge is -2.22. The zero-order valence-electron chi connectivity index (χ0n) is 13.7. The number of hydrogen-bond acceptors (Lipinski definition) is 5. The van der Waals surface area contributed by atoms with Gasteiger partial charge in [0.15, 0.2) is 0 Å². The summed E-state index contributed by atoms with van der Waals surface area (Å²) in [5.41, 5.74) is 4.63. The van der Waals surface area contributed by atoms with Crippen molar-refractivity contribution in [2.45, 2.75) is 12.5 Å². The number of carbonyl (C=O) groups excluding carboxylic acids is 3. The predicted octanol–water partition coefficient (Wildman–Crippen LogP) is 2.41. The lowest BCUT2D eigenvalue weighted by Crippen LogP contribution is -2.47. The van der Waals surface area contributed by atoms with Crippen LogP contribution in [0.5, 0.6) is 0 Å². The van der Waals surface area contributed by atoms with Crippen LogP contribution in [0, 0.1) is 0 Å². The van der Waals surface area contributed by atoms with Gasteiger partial charge in [0, 0.05) is 5.56 Å². The second-order valence-electron chi connectivity index (χ2n) is 6.04. The molecule has 4 rings (SSSR count). The van der Waals surface area contributed by atoms with Crippen molar-refractivity contribution in [3.8, 4) is 0 Å². The van der Waals surface area contributed by atoms with Crippen molar-refractivity contribution in [3.05, 3.63) is 65.2 Å². The van der Waals surface area contributed by atoms with E-state index >= 15 is 0 Å². The van der Waals surface area contributed by atoms with Crippen molar-refractivity contribution in [1.82, 2.24) is 20.7 Å². The number of rotatable bonds is 3. The van der Waals surface area contributed by atoms with Gasteiger partial charge in [0.1, 0.15) is 5.54 Å². The molecule has 1 aromatic heterocycles. The molecular weight excluding hydrogens is 352 g/mol. The molecule has 8 heteroatoms. The van der Waals surface area contributed by atoms with E-state index in [2.05, 4.69) is 15.7 Å².